The van der Waals surface area contributed by atoms with Gasteiger partial charge in [0.2, 0.25) is 10.0 Å². The maximum absolute atomic E-state index is 13.7. The largest absolute Gasteiger partial charge is 0.379 e. The summed E-state index contributed by atoms with van der Waals surface area (Å²) in [5, 5.41) is 0. The summed E-state index contributed by atoms with van der Waals surface area (Å²) in [6.07, 6.45) is 2.29. The predicted octanol–water partition coefficient (Wildman–Crippen LogP) is 2.79. The maximum atomic E-state index is 13.7. The van der Waals surface area contributed by atoms with E-state index >= 15 is 0 Å². The molecule has 29 heavy (non-hydrogen) atoms. The lowest BCUT2D eigenvalue weighted by Crippen LogP contribution is -2.40. The van der Waals surface area contributed by atoms with Crippen molar-refractivity contribution < 1.29 is 17.5 Å². The number of sulfonamides is 1. The minimum atomic E-state index is -3.56. The molecule has 3 aliphatic heterocycles. The van der Waals surface area contributed by atoms with Crippen LogP contribution in [0.5, 0.6) is 0 Å². The molecule has 2 aromatic rings. The first kappa shape index (κ1) is 18.8. The number of nitrogens with zero attached hydrogens (tertiary/aromatic N) is 3. The molecule has 3 heterocycles. The van der Waals surface area contributed by atoms with Crippen LogP contribution in [0.25, 0.3) is 0 Å². The molecule has 5 rings (SSSR count). The van der Waals surface area contributed by atoms with Crippen LogP contribution in [0, 0.1) is 5.82 Å². The minimum absolute atomic E-state index is 0.189. The summed E-state index contributed by atoms with van der Waals surface area (Å²) in [5.41, 5.74) is 2.85. The molecule has 0 spiro atoms. The molecule has 0 radical (unpaired) electrons. The summed E-state index contributed by atoms with van der Waals surface area (Å²) >= 11 is 0. The van der Waals surface area contributed by atoms with Crippen molar-refractivity contribution in [2.75, 3.05) is 42.6 Å². The van der Waals surface area contributed by atoms with Gasteiger partial charge in [-0.15, -0.1) is 0 Å². The molecular weight excluding hydrogens is 393 g/mol. The van der Waals surface area contributed by atoms with E-state index < -0.39 is 10.0 Å². The summed E-state index contributed by atoms with van der Waals surface area (Å²) < 4.78 is 46.8. The van der Waals surface area contributed by atoms with E-state index in [1.54, 1.807) is 24.3 Å². The van der Waals surface area contributed by atoms with Gasteiger partial charge in [-0.25, -0.2) is 12.8 Å². The maximum Gasteiger partial charge on any atom is 0.243 e. The Hall–Kier alpha value is -2.16. The van der Waals surface area contributed by atoms with Crippen molar-refractivity contribution >= 4 is 21.4 Å². The van der Waals surface area contributed by atoms with Crippen LogP contribution in [0.4, 0.5) is 15.8 Å². The number of morpholine rings is 1. The lowest BCUT2D eigenvalue weighted by molar-refractivity contribution is 0.0730. The fourth-order valence-electron chi connectivity index (χ4n) is 4.61. The molecule has 6 nitrogen and oxygen atoms in total. The average molecular weight is 418 g/mol. The molecule has 1 atom stereocenters. The van der Waals surface area contributed by atoms with Crippen LogP contribution in [0.3, 0.4) is 0 Å². The highest BCUT2D eigenvalue weighted by Gasteiger charge is 2.40. The highest BCUT2D eigenvalue weighted by atomic mass is 32.2. The average Bonchev–Trinajstić information content (AvgIpc) is 3.31. The van der Waals surface area contributed by atoms with Gasteiger partial charge in [0.1, 0.15) is 12.0 Å². The van der Waals surface area contributed by atoms with Crippen molar-refractivity contribution in [2.45, 2.75) is 30.4 Å². The van der Waals surface area contributed by atoms with Crippen LogP contribution in [-0.2, 0) is 21.3 Å². The number of benzene rings is 2. The second kappa shape index (κ2) is 7.27. The summed E-state index contributed by atoms with van der Waals surface area (Å²) in [4.78, 5) is 4.86. The number of hydrogen-bond acceptors (Lipinski definition) is 5. The van der Waals surface area contributed by atoms with Crippen LogP contribution >= 0.6 is 0 Å². The molecule has 154 valence electrons. The van der Waals surface area contributed by atoms with Gasteiger partial charge >= 0.3 is 0 Å². The number of anilines is 2. The van der Waals surface area contributed by atoms with Gasteiger partial charge in [0.25, 0.3) is 0 Å². The standard InChI is InChI=1S/C21H24FN3O3S/c22-17-4-1-3-16(13-17)15-25-20-14-18(29(26,27)23-9-11-28-12-10-23)6-7-19(20)24-8-2-5-21(24)25/h1,3-4,6-7,13-14,21H,2,5,8-12,15H2. The molecular formula is C21H24FN3O3S. The van der Waals surface area contributed by atoms with Crippen molar-refractivity contribution in [3.8, 4) is 0 Å². The van der Waals surface area contributed by atoms with Crippen molar-refractivity contribution in [2.24, 2.45) is 0 Å². The lowest BCUT2D eigenvalue weighted by atomic mass is 10.1. The lowest BCUT2D eigenvalue weighted by Gasteiger charge is -2.28. The Morgan fingerprint density at radius 3 is 2.66 bits per heavy atom. The Kier molecular flexibility index (Phi) is 4.72. The van der Waals surface area contributed by atoms with E-state index in [0.717, 1.165) is 36.3 Å². The van der Waals surface area contributed by atoms with Gasteiger partial charge in [0, 0.05) is 26.2 Å². The molecule has 0 amide bonds. The quantitative estimate of drug-likeness (QED) is 0.766. The molecule has 0 N–H and O–H groups in total. The molecule has 8 heteroatoms. The van der Waals surface area contributed by atoms with E-state index in [2.05, 4.69) is 9.80 Å². The SMILES string of the molecule is O=S(=O)(c1ccc2c(c1)N(Cc1cccc(F)c1)C1CCCN21)N1CCOCC1. The zero-order valence-electron chi connectivity index (χ0n) is 16.1. The van der Waals surface area contributed by atoms with Crippen LogP contribution < -0.4 is 9.80 Å². The summed E-state index contributed by atoms with van der Waals surface area (Å²) in [5.74, 6) is -0.256. The summed E-state index contributed by atoms with van der Waals surface area (Å²) in [7, 11) is -3.56. The normalized spacial score (nSPS) is 22.0. The zero-order valence-corrected chi connectivity index (χ0v) is 16.9. The first-order valence-corrected chi connectivity index (χ1v) is 11.5. The number of ether oxygens (including phenoxy) is 1. The molecule has 0 aromatic heterocycles. The van der Waals surface area contributed by atoms with E-state index in [-0.39, 0.29) is 12.0 Å². The second-order valence-corrected chi connectivity index (χ2v) is 9.68. The summed E-state index contributed by atoms with van der Waals surface area (Å²) in [6, 6.07) is 12.0. The fourth-order valence-corrected chi connectivity index (χ4v) is 6.04. The highest BCUT2D eigenvalue weighted by molar-refractivity contribution is 7.89. The van der Waals surface area contributed by atoms with E-state index in [1.165, 1.54) is 10.4 Å². The van der Waals surface area contributed by atoms with E-state index in [1.807, 2.05) is 12.1 Å². The van der Waals surface area contributed by atoms with Gasteiger partial charge in [0.05, 0.1) is 29.5 Å². The van der Waals surface area contributed by atoms with Crippen LogP contribution in [0.1, 0.15) is 18.4 Å². The van der Waals surface area contributed by atoms with Gasteiger partial charge in [0.15, 0.2) is 0 Å². The molecule has 0 bridgehead atoms. The van der Waals surface area contributed by atoms with Crippen LogP contribution in [-0.4, -0.2) is 51.7 Å². The third-order valence-corrected chi connectivity index (χ3v) is 7.89. The van der Waals surface area contributed by atoms with E-state index in [0.29, 0.717) is 37.7 Å². The molecule has 3 aliphatic rings. The second-order valence-electron chi connectivity index (χ2n) is 7.74. The molecule has 0 aliphatic carbocycles. The first-order chi connectivity index (χ1) is 14.0. The smallest absolute Gasteiger partial charge is 0.243 e. The first-order valence-electron chi connectivity index (χ1n) is 10.0. The predicted molar refractivity (Wildman–Crippen MR) is 109 cm³/mol. The molecule has 1 unspecified atom stereocenters. The van der Waals surface area contributed by atoms with Crippen molar-refractivity contribution in [1.82, 2.24) is 4.31 Å². The van der Waals surface area contributed by atoms with Crippen molar-refractivity contribution in [3.05, 3.63) is 53.8 Å². The monoisotopic (exact) mass is 417 g/mol. The van der Waals surface area contributed by atoms with Gasteiger partial charge in [-0.3, -0.25) is 0 Å². The number of rotatable bonds is 4. The van der Waals surface area contributed by atoms with Crippen LogP contribution in [0.2, 0.25) is 0 Å². The van der Waals surface area contributed by atoms with E-state index in [4.69, 9.17) is 4.74 Å². The van der Waals surface area contributed by atoms with Crippen molar-refractivity contribution in [3.63, 3.8) is 0 Å². The third-order valence-electron chi connectivity index (χ3n) is 6.00. The Morgan fingerprint density at radius 2 is 1.86 bits per heavy atom. The number of hydrogen-bond donors (Lipinski definition) is 0. The molecule has 2 saturated heterocycles. The minimum Gasteiger partial charge on any atom is -0.379 e. The number of fused-ring (bicyclic) bond motifs is 3. The Balaban J connectivity index is 1.52. The summed E-state index contributed by atoms with van der Waals surface area (Å²) in [6.45, 7) is 3.10. The Morgan fingerprint density at radius 1 is 1.03 bits per heavy atom. The van der Waals surface area contributed by atoms with Gasteiger partial charge in [-0.1, -0.05) is 12.1 Å². The van der Waals surface area contributed by atoms with Gasteiger partial charge in [-0.2, -0.15) is 4.31 Å². The highest BCUT2D eigenvalue weighted by Crippen LogP contribution is 2.45. The number of halogens is 1. The van der Waals surface area contributed by atoms with Gasteiger partial charge < -0.3 is 14.5 Å². The molecule has 0 saturated carbocycles. The fraction of sp³-hybridized carbons (Fsp3) is 0.429. The zero-order chi connectivity index (χ0) is 20.0. The Bertz CT molecular complexity index is 1020. The van der Waals surface area contributed by atoms with Crippen LogP contribution in [0.15, 0.2) is 47.4 Å². The van der Waals surface area contributed by atoms with Crippen molar-refractivity contribution in [1.29, 1.82) is 0 Å². The topological polar surface area (TPSA) is 53.1 Å². The van der Waals surface area contributed by atoms with Gasteiger partial charge in [-0.05, 0) is 48.7 Å². The Labute approximate surface area is 170 Å². The third kappa shape index (κ3) is 3.29. The van der Waals surface area contributed by atoms with E-state index in [9.17, 15) is 12.8 Å². The molecule has 2 fully saturated rings. The molecule has 2 aromatic carbocycles.